The van der Waals surface area contributed by atoms with Gasteiger partial charge in [-0.3, -0.25) is 0 Å². The van der Waals surface area contributed by atoms with Crippen LogP contribution in [-0.2, 0) is 0 Å². The SMILES string of the molecule is Cc1ccc(-c2c(-c3ccccc3)ncn2C2CN3CCC2CC3)o1. The summed E-state index contributed by atoms with van der Waals surface area (Å²) in [5, 5.41) is 0. The third kappa shape index (κ3) is 2.52. The molecule has 0 amide bonds. The first kappa shape index (κ1) is 15.0. The lowest BCUT2D eigenvalue weighted by atomic mass is 9.83. The molecular formula is C21H23N3O. The Labute approximate surface area is 148 Å². The molecule has 0 aliphatic carbocycles. The summed E-state index contributed by atoms with van der Waals surface area (Å²) >= 11 is 0. The van der Waals surface area contributed by atoms with Gasteiger partial charge in [-0.1, -0.05) is 30.3 Å². The topological polar surface area (TPSA) is 34.2 Å². The van der Waals surface area contributed by atoms with E-state index in [0.29, 0.717) is 6.04 Å². The van der Waals surface area contributed by atoms with Crippen LogP contribution >= 0.6 is 0 Å². The van der Waals surface area contributed by atoms with Crippen LogP contribution in [0.25, 0.3) is 22.7 Å². The molecule has 0 spiro atoms. The first-order chi connectivity index (χ1) is 12.3. The standard InChI is InChI=1S/C21H23N3O/c1-15-7-8-19(25-15)21-20(17-5-3-2-4-6-17)22-14-24(21)18-13-23-11-9-16(18)10-12-23/h2-8,14,16,18H,9-13H2,1H3. The first-order valence-electron chi connectivity index (χ1n) is 9.21. The molecule has 2 aromatic heterocycles. The summed E-state index contributed by atoms with van der Waals surface area (Å²) in [6.07, 6.45) is 4.61. The van der Waals surface area contributed by atoms with Gasteiger partial charge in [0.2, 0.25) is 0 Å². The monoisotopic (exact) mass is 333 g/mol. The van der Waals surface area contributed by atoms with Crippen LogP contribution in [0.4, 0.5) is 0 Å². The highest BCUT2D eigenvalue weighted by Gasteiger charge is 2.37. The van der Waals surface area contributed by atoms with Crippen LogP contribution < -0.4 is 0 Å². The Hall–Kier alpha value is -2.33. The third-order valence-corrected chi connectivity index (χ3v) is 5.79. The van der Waals surface area contributed by atoms with E-state index in [2.05, 4.69) is 39.8 Å². The predicted molar refractivity (Wildman–Crippen MR) is 98.3 cm³/mol. The largest absolute Gasteiger partial charge is 0.460 e. The van der Waals surface area contributed by atoms with Gasteiger partial charge in [-0.15, -0.1) is 0 Å². The maximum atomic E-state index is 6.03. The van der Waals surface area contributed by atoms with Gasteiger partial charge >= 0.3 is 0 Å². The summed E-state index contributed by atoms with van der Waals surface area (Å²) in [6, 6.07) is 15.1. The van der Waals surface area contributed by atoms with Crippen LogP contribution in [-0.4, -0.2) is 34.1 Å². The van der Waals surface area contributed by atoms with E-state index in [9.17, 15) is 0 Å². The van der Waals surface area contributed by atoms with E-state index in [0.717, 1.165) is 40.9 Å². The van der Waals surface area contributed by atoms with Crippen molar-refractivity contribution in [2.75, 3.05) is 19.6 Å². The number of rotatable bonds is 3. The molecule has 0 saturated carbocycles. The van der Waals surface area contributed by atoms with Crippen molar-refractivity contribution in [3.63, 3.8) is 0 Å². The zero-order valence-corrected chi connectivity index (χ0v) is 14.6. The molecule has 1 aromatic carbocycles. The van der Waals surface area contributed by atoms with Crippen LogP contribution in [0.15, 0.2) is 53.2 Å². The normalized spacial score (nSPS) is 25.4. The fourth-order valence-electron chi connectivity index (χ4n) is 4.47. The molecule has 3 aliphatic rings. The summed E-state index contributed by atoms with van der Waals surface area (Å²) in [4.78, 5) is 7.40. The molecule has 4 nitrogen and oxygen atoms in total. The smallest absolute Gasteiger partial charge is 0.152 e. The van der Waals surface area contributed by atoms with Crippen molar-refractivity contribution in [2.24, 2.45) is 5.92 Å². The summed E-state index contributed by atoms with van der Waals surface area (Å²) < 4.78 is 8.41. The lowest BCUT2D eigenvalue weighted by Gasteiger charge is -2.45. The lowest BCUT2D eigenvalue weighted by molar-refractivity contribution is 0.0576. The van der Waals surface area contributed by atoms with Gasteiger partial charge in [0.05, 0.1) is 18.1 Å². The van der Waals surface area contributed by atoms with Crippen molar-refractivity contribution >= 4 is 0 Å². The Morgan fingerprint density at radius 3 is 2.48 bits per heavy atom. The van der Waals surface area contributed by atoms with E-state index in [1.165, 1.54) is 25.9 Å². The number of hydrogen-bond acceptors (Lipinski definition) is 3. The quantitative estimate of drug-likeness (QED) is 0.713. The zero-order valence-electron chi connectivity index (χ0n) is 14.6. The second-order valence-corrected chi connectivity index (χ2v) is 7.33. The van der Waals surface area contributed by atoms with Gasteiger partial charge in [-0.2, -0.15) is 0 Å². The van der Waals surface area contributed by atoms with Crippen molar-refractivity contribution in [3.05, 3.63) is 54.6 Å². The number of fused-ring (bicyclic) bond motifs is 3. The lowest BCUT2D eigenvalue weighted by Crippen LogP contribution is -2.48. The number of benzene rings is 1. The van der Waals surface area contributed by atoms with E-state index in [-0.39, 0.29) is 0 Å². The van der Waals surface area contributed by atoms with Crippen LogP contribution in [0.5, 0.6) is 0 Å². The number of imidazole rings is 1. The maximum Gasteiger partial charge on any atom is 0.152 e. The summed E-state index contributed by atoms with van der Waals surface area (Å²) in [6.45, 7) is 5.62. The molecule has 0 N–H and O–H groups in total. The second kappa shape index (κ2) is 5.88. The molecule has 128 valence electrons. The van der Waals surface area contributed by atoms with Crippen molar-refractivity contribution in [1.29, 1.82) is 0 Å². The van der Waals surface area contributed by atoms with Crippen LogP contribution in [0, 0.1) is 12.8 Å². The van der Waals surface area contributed by atoms with Crippen LogP contribution in [0.3, 0.4) is 0 Å². The molecule has 1 atom stereocenters. The predicted octanol–water partition coefficient (Wildman–Crippen LogP) is 4.39. The summed E-state index contributed by atoms with van der Waals surface area (Å²) in [7, 11) is 0. The van der Waals surface area contributed by atoms with E-state index in [4.69, 9.17) is 9.40 Å². The Morgan fingerprint density at radius 2 is 1.84 bits per heavy atom. The molecule has 5 heterocycles. The average molecular weight is 333 g/mol. The zero-order chi connectivity index (χ0) is 16.8. The molecule has 3 fully saturated rings. The van der Waals surface area contributed by atoms with Crippen molar-refractivity contribution in [2.45, 2.75) is 25.8 Å². The fraction of sp³-hybridized carbons (Fsp3) is 0.381. The Kier molecular flexibility index (Phi) is 3.52. The first-order valence-corrected chi connectivity index (χ1v) is 9.21. The van der Waals surface area contributed by atoms with Crippen molar-refractivity contribution < 1.29 is 4.42 Å². The maximum absolute atomic E-state index is 6.03. The van der Waals surface area contributed by atoms with Gasteiger partial charge in [-0.05, 0) is 50.9 Å². The molecule has 25 heavy (non-hydrogen) atoms. The number of aryl methyl sites for hydroxylation is 1. The van der Waals surface area contributed by atoms with Gasteiger partial charge in [0, 0.05) is 12.1 Å². The van der Waals surface area contributed by atoms with Gasteiger partial charge in [0.1, 0.15) is 11.5 Å². The molecule has 4 heteroatoms. The summed E-state index contributed by atoms with van der Waals surface area (Å²) in [5.74, 6) is 2.61. The molecule has 6 rings (SSSR count). The number of hydrogen-bond donors (Lipinski definition) is 0. The minimum Gasteiger partial charge on any atom is -0.460 e. The third-order valence-electron chi connectivity index (χ3n) is 5.79. The minimum absolute atomic E-state index is 0.493. The molecule has 1 unspecified atom stereocenters. The number of furan rings is 1. The van der Waals surface area contributed by atoms with E-state index >= 15 is 0 Å². The Balaban J connectivity index is 1.65. The molecular weight excluding hydrogens is 310 g/mol. The Bertz CT molecular complexity index is 872. The van der Waals surface area contributed by atoms with Crippen LogP contribution in [0.1, 0.15) is 24.6 Å². The molecule has 3 aromatic rings. The highest BCUT2D eigenvalue weighted by atomic mass is 16.3. The van der Waals surface area contributed by atoms with Crippen molar-refractivity contribution in [1.82, 2.24) is 14.5 Å². The van der Waals surface area contributed by atoms with Crippen LogP contribution in [0.2, 0.25) is 0 Å². The molecule has 0 radical (unpaired) electrons. The van der Waals surface area contributed by atoms with Gasteiger partial charge in [0.15, 0.2) is 5.76 Å². The van der Waals surface area contributed by atoms with Gasteiger partial charge < -0.3 is 13.9 Å². The van der Waals surface area contributed by atoms with Crippen molar-refractivity contribution in [3.8, 4) is 22.7 Å². The fourth-order valence-corrected chi connectivity index (χ4v) is 4.47. The van der Waals surface area contributed by atoms with Gasteiger partial charge in [-0.25, -0.2) is 4.98 Å². The minimum atomic E-state index is 0.493. The molecule has 2 bridgehead atoms. The second-order valence-electron chi connectivity index (χ2n) is 7.33. The van der Waals surface area contributed by atoms with Gasteiger partial charge in [0.25, 0.3) is 0 Å². The highest BCUT2D eigenvalue weighted by molar-refractivity contribution is 5.76. The average Bonchev–Trinajstić information content (AvgIpc) is 3.29. The Morgan fingerprint density at radius 1 is 1.04 bits per heavy atom. The highest BCUT2D eigenvalue weighted by Crippen LogP contribution is 2.41. The number of nitrogens with zero attached hydrogens (tertiary/aromatic N) is 3. The number of aromatic nitrogens is 2. The molecule has 3 saturated heterocycles. The van der Waals surface area contributed by atoms with E-state index in [1.54, 1.807) is 0 Å². The molecule has 3 aliphatic heterocycles. The summed E-state index contributed by atoms with van der Waals surface area (Å²) in [5.41, 5.74) is 3.29. The van der Waals surface area contributed by atoms with E-state index in [1.807, 2.05) is 25.4 Å². The van der Waals surface area contributed by atoms with E-state index < -0.39 is 0 Å². The number of piperidine rings is 3.